The van der Waals surface area contributed by atoms with Crippen molar-refractivity contribution >= 4 is 40.2 Å². The van der Waals surface area contributed by atoms with E-state index in [1.807, 2.05) is 42.5 Å². The molecule has 1 amide bonds. The van der Waals surface area contributed by atoms with E-state index in [4.69, 9.17) is 11.5 Å². The lowest BCUT2D eigenvalue weighted by Gasteiger charge is -2.34. The largest absolute Gasteiger partial charge is 0.399 e. The summed E-state index contributed by atoms with van der Waals surface area (Å²) in [4.78, 5) is 35.1. The van der Waals surface area contributed by atoms with Gasteiger partial charge in [-0.15, -0.1) is 0 Å². The first kappa shape index (κ1) is 22.4. The van der Waals surface area contributed by atoms with Crippen LogP contribution < -0.4 is 16.8 Å². The van der Waals surface area contributed by atoms with Gasteiger partial charge in [0.25, 0.3) is 0 Å². The molecule has 1 aliphatic heterocycles. The predicted octanol–water partition coefficient (Wildman–Crippen LogP) is 2.20. The Labute approximate surface area is 192 Å². The van der Waals surface area contributed by atoms with Crippen LogP contribution in [0.25, 0.3) is 17.0 Å². The van der Waals surface area contributed by atoms with Gasteiger partial charge >= 0.3 is 0 Å². The second kappa shape index (κ2) is 10.2. The SMILES string of the molecule is Nc1ccc(C=CC(=O)CCC(Cc2ccc3c(N)ncnc3c2)N2CCNC(=O)C2)cc1. The summed E-state index contributed by atoms with van der Waals surface area (Å²) in [5.41, 5.74) is 15.1. The maximum Gasteiger partial charge on any atom is 0.234 e. The molecule has 4 rings (SSSR count). The van der Waals surface area contributed by atoms with E-state index in [1.165, 1.54) is 6.33 Å². The Morgan fingerprint density at radius 1 is 1.15 bits per heavy atom. The summed E-state index contributed by atoms with van der Waals surface area (Å²) in [7, 11) is 0. The van der Waals surface area contributed by atoms with Gasteiger partial charge in [0.2, 0.25) is 5.91 Å². The number of aromatic nitrogens is 2. The molecule has 1 aromatic heterocycles. The Bertz CT molecular complexity index is 1180. The Morgan fingerprint density at radius 3 is 2.76 bits per heavy atom. The number of anilines is 2. The highest BCUT2D eigenvalue weighted by atomic mass is 16.2. The van der Waals surface area contributed by atoms with Gasteiger partial charge in [-0.1, -0.05) is 24.3 Å². The number of rotatable bonds is 8. The molecule has 0 saturated carbocycles. The van der Waals surface area contributed by atoms with Gasteiger partial charge in [0.15, 0.2) is 5.78 Å². The van der Waals surface area contributed by atoms with E-state index in [-0.39, 0.29) is 17.7 Å². The maximum absolute atomic E-state index is 12.6. The van der Waals surface area contributed by atoms with Crippen LogP contribution in [-0.2, 0) is 16.0 Å². The molecule has 2 aromatic carbocycles. The van der Waals surface area contributed by atoms with E-state index < -0.39 is 0 Å². The van der Waals surface area contributed by atoms with E-state index in [0.717, 1.165) is 28.6 Å². The van der Waals surface area contributed by atoms with Gasteiger partial charge in [0, 0.05) is 36.6 Å². The van der Waals surface area contributed by atoms with Crippen LogP contribution in [0.1, 0.15) is 24.0 Å². The highest BCUT2D eigenvalue weighted by molar-refractivity contribution is 5.93. The molecule has 0 bridgehead atoms. The van der Waals surface area contributed by atoms with Crippen LogP contribution in [0.5, 0.6) is 0 Å². The Morgan fingerprint density at radius 2 is 1.97 bits per heavy atom. The number of amides is 1. The number of nitrogen functional groups attached to an aromatic ring is 2. The molecule has 0 spiro atoms. The molecule has 5 N–H and O–H groups in total. The van der Waals surface area contributed by atoms with Gasteiger partial charge in [-0.05, 0) is 54.3 Å². The normalized spacial score (nSPS) is 15.6. The van der Waals surface area contributed by atoms with Gasteiger partial charge in [0.05, 0.1) is 12.1 Å². The fourth-order valence-electron chi connectivity index (χ4n) is 4.09. The molecule has 0 aliphatic carbocycles. The van der Waals surface area contributed by atoms with Crippen molar-refractivity contribution in [2.24, 2.45) is 0 Å². The number of carbonyl (C=O) groups excluding carboxylic acids is 2. The van der Waals surface area contributed by atoms with Crippen molar-refractivity contribution in [1.82, 2.24) is 20.2 Å². The number of carbonyl (C=O) groups is 2. The number of allylic oxidation sites excluding steroid dienone is 1. The zero-order valence-corrected chi connectivity index (χ0v) is 18.4. The summed E-state index contributed by atoms with van der Waals surface area (Å²) in [5, 5.41) is 3.69. The maximum atomic E-state index is 12.6. The summed E-state index contributed by atoms with van der Waals surface area (Å²) < 4.78 is 0. The van der Waals surface area contributed by atoms with Gasteiger partial charge < -0.3 is 16.8 Å². The van der Waals surface area contributed by atoms with E-state index in [2.05, 4.69) is 20.2 Å². The molecule has 1 saturated heterocycles. The second-order valence-electron chi connectivity index (χ2n) is 8.29. The lowest BCUT2D eigenvalue weighted by molar-refractivity contribution is -0.125. The first-order chi connectivity index (χ1) is 16.0. The highest BCUT2D eigenvalue weighted by Gasteiger charge is 2.25. The number of hydrogen-bond donors (Lipinski definition) is 3. The summed E-state index contributed by atoms with van der Waals surface area (Å²) >= 11 is 0. The summed E-state index contributed by atoms with van der Waals surface area (Å²) in [5.74, 6) is 0.520. The molecule has 2 heterocycles. The lowest BCUT2D eigenvalue weighted by atomic mass is 9.97. The smallest absolute Gasteiger partial charge is 0.234 e. The molecule has 1 aliphatic rings. The van der Waals surface area contributed by atoms with E-state index >= 15 is 0 Å². The summed E-state index contributed by atoms with van der Waals surface area (Å²) in [6.45, 7) is 1.71. The lowest BCUT2D eigenvalue weighted by Crippen LogP contribution is -2.52. The van der Waals surface area contributed by atoms with Crippen molar-refractivity contribution in [3.8, 4) is 0 Å². The summed E-state index contributed by atoms with van der Waals surface area (Å²) in [6.07, 6.45) is 6.64. The average molecular weight is 445 g/mol. The fraction of sp³-hybridized carbons (Fsp3) is 0.280. The Kier molecular flexibility index (Phi) is 6.95. The third kappa shape index (κ3) is 5.93. The first-order valence-electron chi connectivity index (χ1n) is 11.0. The number of ketones is 1. The van der Waals surface area contributed by atoms with E-state index in [9.17, 15) is 9.59 Å². The number of hydrogen-bond acceptors (Lipinski definition) is 7. The molecule has 1 fully saturated rings. The minimum Gasteiger partial charge on any atom is -0.399 e. The third-order valence-corrected chi connectivity index (χ3v) is 5.91. The third-order valence-electron chi connectivity index (χ3n) is 5.91. The number of nitrogens with one attached hydrogen (secondary N) is 1. The fourth-order valence-corrected chi connectivity index (χ4v) is 4.09. The van der Waals surface area contributed by atoms with Crippen molar-refractivity contribution in [3.05, 3.63) is 66.0 Å². The Balaban J connectivity index is 1.46. The zero-order chi connectivity index (χ0) is 23.2. The number of fused-ring (bicyclic) bond motifs is 1. The van der Waals surface area contributed by atoms with E-state index in [0.29, 0.717) is 43.9 Å². The molecule has 170 valence electrons. The van der Waals surface area contributed by atoms with E-state index in [1.54, 1.807) is 12.2 Å². The molecule has 0 radical (unpaired) electrons. The van der Waals surface area contributed by atoms with Gasteiger partial charge in [0.1, 0.15) is 12.1 Å². The summed E-state index contributed by atoms with van der Waals surface area (Å²) in [6, 6.07) is 13.4. The van der Waals surface area contributed by atoms with Crippen molar-refractivity contribution in [2.75, 3.05) is 31.1 Å². The minimum absolute atomic E-state index is 0.0137. The van der Waals surface area contributed by atoms with Crippen molar-refractivity contribution < 1.29 is 9.59 Å². The number of benzene rings is 2. The van der Waals surface area contributed by atoms with Crippen LogP contribution in [0.2, 0.25) is 0 Å². The Hall–Kier alpha value is -3.78. The van der Waals surface area contributed by atoms with Crippen LogP contribution in [0.3, 0.4) is 0 Å². The van der Waals surface area contributed by atoms with Crippen LogP contribution in [0, 0.1) is 0 Å². The monoisotopic (exact) mass is 444 g/mol. The number of nitrogens with two attached hydrogens (primary N) is 2. The average Bonchev–Trinajstić information content (AvgIpc) is 2.81. The van der Waals surface area contributed by atoms with Gasteiger partial charge in [-0.25, -0.2) is 9.97 Å². The van der Waals surface area contributed by atoms with Crippen molar-refractivity contribution in [1.29, 1.82) is 0 Å². The second-order valence-corrected chi connectivity index (χ2v) is 8.29. The molecular weight excluding hydrogens is 416 g/mol. The van der Waals surface area contributed by atoms with Crippen molar-refractivity contribution in [2.45, 2.75) is 25.3 Å². The van der Waals surface area contributed by atoms with Crippen LogP contribution >= 0.6 is 0 Å². The van der Waals surface area contributed by atoms with Gasteiger partial charge in [-0.2, -0.15) is 0 Å². The predicted molar refractivity (Wildman–Crippen MR) is 130 cm³/mol. The molecule has 3 aromatic rings. The minimum atomic E-state index is 0.0137. The molecular formula is C25H28N6O2. The molecule has 1 unspecified atom stereocenters. The molecule has 1 atom stereocenters. The number of nitrogens with zero attached hydrogens (tertiary/aromatic N) is 3. The van der Waals surface area contributed by atoms with Gasteiger partial charge in [-0.3, -0.25) is 14.5 Å². The zero-order valence-electron chi connectivity index (χ0n) is 18.4. The molecule has 8 nitrogen and oxygen atoms in total. The van der Waals surface area contributed by atoms with Crippen LogP contribution in [0.15, 0.2) is 54.9 Å². The topological polar surface area (TPSA) is 127 Å². The highest BCUT2D eigenvalue weighted by Crippen LogP contribution is 2.21. The quantitative estimate of drug-likeness (QED) is 0.359. The number of piperazine rings is 1. The molecule has 8 heteroatoms. The molecule has 33 heavy (non-hydrogen) atoms. The first-order valence-corrected chi connectivity index (χ1v) is 11.0. The van der Waals surface area contributed by atoms with Crippen LogP contribution in [0.4, 0.5) is 11.5 Å². The van der Waals surface area contributed by atoms with Crippen LogP contribution in [-0.4, -0.2) is 52.2 Å². The van der Waals surface area contributed by atoms with Crippen molar-refractivity contribution in [3.63, 3.8) is 0 Å². The standard InChI is InChI=1S/C25H28N6O2/c26-19-5-1-17(2-6-19)3-8-21(32)9-7-20(31-12-11-28-24(33)15-31)13-18-4-10-22-23(14-18)29-16-30-25(22)27/h1-6,8,10,14,16,20H,7,9,11-13,15,26H2,(H,28,33)(H2,27,29,30).